The zero-order valence-electron chi connectivity index (χ0n) is 24.7. The number of carbonyl (C=O) groups excluding carboxylic acids is 3. The molecule has 5 rings (SSSR count). The fourth-order valence-corrected chi connectivity index (χ4v) is 5.44. The minimum absolute atomic E-state index is 0. The van der Waals surface area contributed by atoms with Crippen LogP contribution in [0.4, 0.5) is 11.4 Å². The molecule has 10 heteroatoms. The molecule has 4 aromatic rings. The number of aromatic nitrogens is 2. The van der Waals surface area contributed by atoms with E-state index in [9.17, 15) is 14.4 Å². The van der Waals surface area contributed by atoms with Crippen molar-refractivity contribution in [2.45, 2.75) is 46.1 Å². The molecule has 0 aliphatic carbocycles. The zero-order chi connectivity index (χ0) is 29.1. The summed E-state index contributed by atoms with van der Waals surface area (Å²) in [5.74, 6) is -0.612. The number of hydrogen-bond acceptors (Lipinski definition) is 5. The predicted molar refractivity (Wildman–Crippen MR) is 175 cm³/mol. The van der Waals surface area contributed by atoms with Gasteiger partial charge in [0.15, 0.2) is 0 Å². The van der Waals surface area contributed by atoms with Crippen molar-refractivity contribution in [3.05, 3.63) is 95.9 Å². The molecule has 0 bridgehead atoms. The molecule has 0 fully saturated rings. The number of nitrogens with zero attached hydrogens (tertiary/aromatic N) is 4. The number of fused-ring (bicyclic) bond motifs is 2. The van der Waals surface area contributed by atoms with Gasteiger partial charge >= 0.3 is 0 Å². The molecule has 2 aromatic heterocycles. The van der Waals surface area contributed by atoms with Gasteiger partial charge in [-0.3, -0.25) is 24.4 Å². The SMILES string of the molecule is CCC(c1ccc2c(c1)N(C)C(=O)C(C)(C)C(=O)N2)N(CCc1cccnc1)C(=O)Cc1ccc2ncccc2c1.Cl.Cl. The summed E-state index contributed by atoms with van der Waals surface area (Å²) in [6.07, 6.45) is 6.91. The largest absolute Gasteiger partial charge is 0.335 e. The van der Waals surface area contributed by atoms with Crippen molar-refractivity contribution in [2.24, 2.45) is 5.41 Å². The second-order valence-electron chi connectivity index (χ2n) is 11.0. The number of benzene rings is 2. The highest BCUT2D eigenvalue weighted by molar-refractivity contribution is 6.19. The van der Waals surface area contributed by atoms with Crippen LogP contribution in [-0.2, 0) is 27.2 Å². The molecule has 1 atom stereocenters. The van der Waals surface area contributed by atoms with Gasteiger partial charge in [0.2, 0.25) is 17.7 Å². The van der Waals surface area contributed by atoms with Gasteiger partial charge < -0.3 is 15.1 Å². The van der Waals surface area contributed by atoms with Crippen molar-refractivity contribution >= 4 is 64.8 Å². The number of pyridine rings is 2. The van der Waals surface area contributed by atoms with E-state index in [0.717, 1.165) is 27.6 Å². The summed E-state index contributed by atoms with van der Waals surface area (Å²) in [6, 6.07) is 19.2. The minimum Gasteiger partial charge on any atom is -0.335 e. The number of hydrogen-bond donors (Lipinski definition) is 1. The van der Waals surface area contributed by atoms with Crippen molar-refractivity contribution < 1.29 is 14.4 Å². The fourth-order valence-electron chi connectivity index (χ4n) is 5.44. The molecule has 8 nitrogen and oxygen atoms in total. The topological polar surface area (TPSA) is 95.5 Å². The number of nitrogens with one attached hydrogen (secondary N) is 1. The number of amides is 3. The highest BCUT2D eigenvalue weighted by Crippen LogP contribution is 2.38. The second kappa shape index (κ2) is 14.0. The van der Waals surface area contributed by atoms with E-state index in [2.05, 4.69) is 22.2 Å². The second-order valence-corrected chi connectivity index (χ2v) is 11.0. The Morgan fingerprint density at radius 2 is 1.77 bits per heavy atom. The summed E-state index contributed by atoms with van der Waals surface area (Å²) in [6.45, 7) is 5.82. The van der Waals surface area contributed by atoms with Gasteiger partial charge in [0, 0.05) is 37.6 Å². The van der Waals surface area contributed by atoms with E-state index >= 15 is 0 Å². The molecule has 1 aliphatic heterocycles. The first-order chi connectivity index (χ1) is 19.7. The summed E-state index contributed by atoms with van der Waals surface area (Å²) in [5.41, 5.74) is 3.77. The summed E-state index contributed by atoms with van der Waals surface area (Å²) < 4.78 is 0. The molecule has 2 aromatic carbocycles. The molecule has 3 heterocycles. The van der Waals surface area contributed by atoms with Gasteiger partial charge in [0.25, 0.3) is 0 Å². The van der Waals surface area contributed by atoms with E-state index in [1.54, 1.807) is 33.3 Å². The lowest BCUT2D eigenvalue weighted by Crippen LogP contribution is -2.43. The summed E-state index contributed by atoms with van der Waals surface area (Å²) in [4.78, 5) is 52.1. The van der Waals surface area contributed by atoms with Crippen LogP contribution in [-0.4, -0.2) is 46.2 Å². The van der Waals surface area contributed by atoms with Crippen LogP contribution in [0, 0.1) is 5.41 Å². The maximum Gasteiger partial charge on any atom is 0.241 e. The van der Waals surface area contributed by atoms with Gasteiger partial charge in [-0.15, -0.1) is 24.8 Å². The number of carbonyl (C=O) groups is 3. The lowest BCUT2D eigenvalue weighted by Gasteiger charge is -2.33. The third-order valence-corrected chi connectivity index (χ3v) is 7.89. The van der Waals surface area contributed by atoms with Crippen molar-refractivity contribution in [1.29, 1.82) is 0 Å². The molecule has 1 N–H and O–H groups in total. The highest BCUT2D eigenvalue weighted by atomic mass is 35.5. The van der Waals surface area contributed by atoms with E-state index in [1.807, 2.05) is 71.8 Å². The van der Waals surface area contributed by atoms with Crippen molar-refractivity contribution in [2.75, 3.05) is 23.8 Å². The Morgan fingerprint density at radius 3 is 2.49 bits per heavy atom. The molecule has 0 spiro atoms. The number of halogens is 2. The molecule has 0 saturated heterocycles. The van der Waals surface area contributed by atoms with Crippen LogP contribution in [0.3, 0.4) is 0 Å². The summed E-state index contributed by atoms with van der Waals surface area (Å²) in [5, 5.41) is 3.91. The third-order valence-electron chi connectivity index (χ3n) is 7.89. The van der Waals surface area contributed by atoms with E-state index in [4.69, 9.17) is 0 Å². The smallest absolute Gasteiger partial charge is 0.241 e. The first-order valence-electron chi connectivity index (χ1n) is 13.9. The predicted octanol–water partition coefficient (Wildman–Crippen LogP) is 6.18. The molecule has 3 amide bonds. The number of rotatable bonds is 8. The van der Waals surface area contributed by atoms with Crippen molar-refractivity contribution in [3.8, 4) is 0 Å². The van der Waals surface area contributed by atoms with E-state index in [0.29, 0.717) is 30.8 Å². The van der Waals surface area contributed by atoms with Crippen LogP contribution in [0.2, 0.25) is 0 Å². The maximum atomic E-state index is 14.0. The lowest BCUT2D eigenvalue weighted by atomic mass is 9.91. The first-order valence-corrected chi connectivity index (χ1v) is 13.9. The van der Waals surface area contributed by atoms with Crippen LogP contribution in [0.1, 0.15) is 49.9 Å². The Morgan fingerprint density at radius 1 is 1.00 bits per heavy atom. The van der Waals surface area contributed by atoms with E-state index in [1.165, 1.54) is 4.90 Å². The van der Waals surface area contributed by atoms with E-state index in [-0.39, 0.29) is 55.0 Å². The number of anilines is 2. The normalized spacial score (nSPS) is 14.5. The van der Waals surface area contributed by atoms with Crippen LogP contribution in [0.15, 0.2) is 79.3 Å². The zero-order valence-corrected chi connectivity index (χ0v) is 26.4. The molecule has 0 saturated carbocycles. The Balaban J connectivity index is 0.00000253. The minimum atomic E-state index is -1.20. The average Bonchev–Trinajstić information content (AvgIpc) is 3.04. The molecular weight excluding hydrogens is 585 g/mol. The van der Waals surface area contributed by atoms with Crippen LogP contribution in [0.25, 0.3) is 10.9 Å². The van der Waals surface area contributed by atoms with Gasteiger partial charge in [-0.05, 0) is 79.8 Å². The van der Waals surface area contributed by atoms with Gasteiger partial charge in [-0.25, -0.2) is 0 Å². The lowest BCUT2D eigenvalue weighted by molar-refractivity contribution is -0.136. The molecule has 0 radical (unpaired) electrons. The monoisotopic (exact) mass is 621 g/mol. The average molecular weight is 623 g/mol. The first kappa shape index (κ1) is 33.5. The Labute approximate surface area is 264 Å². The highest BCUT2D eigenvalue weighted by Gasteiger charge is 2.42. The molecular formula is C33H37Cl2N5O3. The molecule has 1 unspecified atom stereocenters. The van der Waals surface area contributed by atoms with Gasteiger partial charge in [-0.2, -0.15) is 0 Å². The molecule has 226 valence electrons. The van der Waals surface area contributed by atoms with Crippen molar-refractivity contribution in [1.82, 2.24) is 14.9 Å². The summed E-state index contributed by atoms with van der Waals surface area (Å²) >= 11 is 0. The maximum absolute atomic E-state index is 14.0. The summed E-state index contributed by atoms with van der Waals surface area (Å²) in [7, 11) is 1.69. The van der Waals surface area contributed by atoms with Crippen LogP contribution in [0.5, 0.6) is 0 Å². The van der Waals surface area contributed by atoms with E-state index < -0.39 is 5.41 Å². The quantitative estimate of drug-likeness (QED) is 0.237. The third kappa shape index (κ3) is 6.98. The van der Waals surface area contributed by atoms with Gasteiger partial charge in [0.05, 0.1) is 29.4 Å². The van der Waals surface area contributed by atoms with Gasteiger partial charge in [-0.1, -0.05) is 31.2 Å². The van der Waals surface area contributed by atoms with Crippen LogP contribution < -0.4 is 10.2 Å². The van der Waals surface area contributed by atoms with Gasteiger partial charge in [0.1, 0.15) is 5.41 Å². The molecule has 43 heavy (non-hydrogen) atoms. The Bertz CT molecular complexity index is 1610. The fraction of sp³-hybridized carbons (Fsp3) is 0.303. The molecule has 1 aliphatic rings. The standard InChI is InChI=1S/C33H35N5O3.2ClH/c1-5-28(25-11-13-27-29(20-25)37(4)32(41)33(2,3)31(40)36-27)38(17-14-22-8-6-15-34-21-22)30(39)19-23-10-12-26-24(18-23)9-7-16-35-26;;/h6-13,15-16,18,20-21,28H,5,14,17,19H2,1-4H3,(H,36,40);2*1H. The van der Waals surface area contributed by atoms with Crippen molar-refractivity contribution in [3.63, 3.8) is 0 Å². The Hall–Kier alpha value is -4.01. The van der Waals surface area contributed by atoms with Crippen LogP contribution >= 0.6 is 24.8 Å². The Kier molecular flexibility index (Phi) is 10.9.